The Hall–Kier alpha value is -1.65. The molecular weight excluding hydrogens is 202 g/mol. The lowest BCUT2D eigenvalue weighted by Gasteiger charge is -2.12. The summed E-state index contributed by atoms with van der Waals surface area (Å²) >= 11 is 0. The van der Waals surface area contributed by atoms with Crippen molar-refractivity contribution in [3.63, 3.8) is 0 Å². The number of aliphatic hydroxyl groups excluding tert-OH is 1. The van der Waals surface area contributed by atoms with Gasteiger partial charge in [-0.2, -0.15) is 5.10 Å². The number of para-hydroxylation sites is 1. The predicted molar refractivity (Wildman–Crippen MR) is 62.3 cm³/mol. The number of benzene rings is 1. The molecule has 2 rings (SSSR count). The standard InChI is InChI=1S/C12H15N3O/c13-11(9-16)8-10-4-1-2-5-12(10)15-7-3-6-14-15/h1-7,11,16H,8-9,13H2. The lowest BCUT2D eigenvalue weighted by Crippen LogP contribution is -2.27. The third-order valence-corrected chi connectivity index (χ3v) is 2.46. The van der Waals surface area contributed by atoms with Gasteiger partial charge in [0, 0.05) is 18.4 Å². The van der Waals surface area contributed by atoms with Crippen LogP contribution in [0.5, 0.6) is 0 Å². The summed E-state index contributed by atoms with van der Waals surface area (Å²) in [6, 6.07) is 9.58. The number of rotatable bonds is 4. The minimum absolute atomic E-state index is 0.00651. The Morgan fingerprint density at radius 1 is 1.31 bits per heavy atom. The molecule has 1 aromatic carbocycles. The van der Waals surface area contributed by atoms with Crippen molar-refractivity contribution in [2.24, 2.45) is 5.73 Å². The fourth-order valence-electron chi connectivity index (χ4n) is 1.67. The second-order valence-corrected chi connectivity index (χ2v) is 3.73. The highest BCUT2D eigenvalue weighted by atomic mass is 16.3. The van der Waals surface area contributed by atoms with Crippen molar-refractivity contribution in [2.45, 2.75) is 12.5 Å². The van der Waals surface area contributed by atoms with E-state index >= 15 is 0 Å². The van der Waals surface area contributed by atoms with Gasteiger partial charge in [0.1, 0.15) is 0 Å². The number of hydrogen-bond acceptors (Lipinski definition) is 3. The molecule has 0 aliphatic rings. The zero-order valence-electron chi connectivity index (χ0n) is 8.95. The molecule has 84 valence electrons. The summed E-state index contributed by atoms with van der Waals surface area (Å²) < 4.78 is 1.80. The van der Waals surface area contributed by atoms with Crippen molar-refractivity contribution in [2.75, 3.05) is 6.61 Å². The van der Waals surface area contributed by atoms with E-state index < -0.39 is 0 Å². The van der Waals surface area contributed by atoms with Gasteiger partial charge in [-0.3, -0.25) is 0 Å². The molecule has 1 aromatic heterocycles. The molecule has 0 spiro atoms. The molecule has 0 aliphatic carbocycles. The Labute approximate surface area is 94.3 Å². The third kappa shape index (κ3) is 2.29. The van der Waals surface area contributed by atoms with Gasteiger partial charge in [-0.1, -0.05) is 18.2 Å². The minimum atomic E-state index is -0.225. The Morgan fingerprint density at radius 2 is 2.12 bits per heavy atom. The maximum absolute atomic E-state index is 8.97. The van der Waals surface area contributed by atoms with Crippen LogP contribution >= 0.6 is 0 Å². The molecule has 0 fully saturated rings. The van der Waals surface area contributed by atoms with Crippen LogP contribution in [0.1, 0.15) is 5.56 Å². The van der Waals surface area contributed by atoms with Gasteiger partial charge in [-0.05, 0) is 24.1 Å². The van der Waals surface area contributed by atoms with Crippen LogP contribution in [-0.2, 0) is 6.42 Å². The molecule has 1 heterocycles. The zero-order chi connectivity index (χ0) is 11.4. The summed E-state index contributed by atoms with van der Waals surface area (Å²) in [7, 11) is 0. The van der Waals surface area contributed by atoms with Crippen molar-refractivity contribution in [3.8, 4) is 5.69 Å². The summed E-state index contributed by atoms with van der Waals surface area (Å²) in [6.45, 7) is -0.00651. The van der Waals surface area contributed by atoms with E-state index in [4.69, 9.17) is 10.8 Å². The molecule has 4 nitrogen and oxygen atoms in total. The smallest absolute Gasteiger partial charge is 0.0678 e. The van der Waals surface area contributed by atoms with Crippen LogP contribution in [0.25, 0.3) is 5.69 Å². The SMILES string of the molecule is NC(CO)Cc1ccccc1-n1cccn1. The molecule has 0 radical (unpaired) electrons. The van der Waals surface area contributed by atoms with Gasteiger partial charge in [0.25, 0.3) is 0 Å². The van der Waals surface area contributed by atoms with E-state index in [1.807, 2.05) is 36.5 Å². The lowest BCUT2D eigenvalue weighted by atomic mass is 10.1. The molecule has 1 atom stereocenters. The molecule has 16 heavy (non-hydrogen) atoms. The Bertz CT molecular complexity index is 439. The minimum Gasteiger partial charge on any atom is -0.395 e. The van der Waals surface area contributed by atoms with Gasteiger partial charge in [0.15, 0.2) is 0 Å². The third-order valence-electron chi connectivity index (χ3n) is 2.46. The van der Waals surface area contributed by atoms with Crippen molar-refractivity contribution in [3.05, 3.63) is 48.3 Å². The number of aliphatic hydroxyl groups is 1. The predicted octanol–water partition coefficient (Wildman–Crippen LogP) is 0.734. The van der Waals surface area contributed by atoms with E-state index in [0.717, 1.165) is 11.3 Å². The first-order chi connectivity index (χ1) is 7.81. The molecule has 2 aromatic rings. The molecule has 0 aliphatic heterocycles. The first-order valence-electron chi connectivity index (χ1n) is 5.25. The second kappa shape index (κ2) is 4.92. The van der Waals surface area contributed by atoms with Gasteiger partial charge in [-0.25, -0.2) is 4.68 Å². The van der Waals surface area contributed by atoms with E-state index in [2.05, 4.69) is 5.10 Å². The molecule has 0 saturated carbocycles. The van der Waals surface area contributed by atoms with Gasteiger partial charge in [0.05, 0.1) is 12.3 Å². The zero-order valence-corrected chi connectivity index (χ0v) is 8.95. The summed E-state index contributed by atoms with van der Waals surface area (Å²) in [5.41, 5.74) is 7.85. The molecule has 0 bridgehead atoms. The van der Waals surface area contributed by atoms with E-state index in [0.29, 0.717) is 6.42 Å². The quantitative estimate of drug-likeness (QED) is 0.793. The second-order valence-electron chi connectivity index (χ2n) is 3.73. The molecular formula is C12H15N3O. The maximum atomic E-state index is 8.97. The summed E-state index contributed by atoms with van der Waals surface area (Å²) in [5.74, 6) is 0. The molecule has 0 saturated heterocycles. The van der Waals surface area contributed by atoms with Crippen LogP contribution in [0, 0.1) is 0 Å². The summed E-state index contributed by atoms with van der Waals surface area (Å²) in [4.78, 5) is 0. The number of nitrogens with zero attached hydrogens (tertiary/aromatic N) is 2. The van der Waals surface area contributed by atoms with Crippen molar-refractivity contribution >= 4 is 0 Å². The first kappa shape index (κ1) is 10.9. The number of nitrogens with two attached hydrogens (primary N) is 1. The van der Waals surface area contributed by atoms with E-state index in [1.165, 1.54) is 0 Å². The van der Waals surface area contributed by atoms with E-state index in [9.17, 15) is 0 Å². The molecule has 0 amide bonds. The van der Waals surface area contributed by atoms with E-state index in [1.54, 1.807) is 10.9 Å². The number of hydrogen-bond donors (Lipinski definition) is 2. The van der Waals surface area contributed by atoms with Crippen LogP contribution in [0.15, 0.2) is 42.7 Å². The largest absolute Gasteiger partial charge is 0.395 e. The first-order valence-corrected chi connectivity index (χ1v) is 5.25. The van der Waals surface area contributed by atoms with Gasteiger partial charge in [0.2, 0.25) is 0 Å². The number of aromatic nitrogens is 2. The highest BCUT2D eigenvalue weighted by Crippen LogP contribution is 2.14. The van der Waals surface area contributed by atoms with Crippen LogP contribution in [0.2, 0.25) is 0 Å². The fraction of sp³-hybridized carbons (Fsp3) is 0.250. The summed E-state index contributed by atoms with van der Waals surface area (Å²) in [6.07, 6.45) is 4.28. The molecule has 4 heteroatoms. The topological polar surface area (TPSA) is 64.1 Å². The fourth-order valence-corrected chi connectivity index (χ4v) is 1.67. The van der Waals surface area contributed by atoms with Crippen molar-refractivity contribution < 1.29 is 5.11 Å². The average Bonchev–Trinajstić information content (AvgIpc) is 2.83. The van der Waals surface area contributed by atoms with Crippen LogP contribution in [-0.4, -0.2) is 27.5 Å². The normalized spacial score (nSPS) is 12.6. The van der Waals surface area contributed by atoms with Crippen molar-refractivity contribution in [1.82, 2.24) is 9.78 Å². The van der Waals surface area contributed by atoms with Crippen LogP contribution in [0.3, 0.4) is 0 Å². The van der Waals surface area contributed by atoms with Gasteiger partial charge < -0.3 is 10.8 Å². The average molecular weight is 217 g/mol. The van der Waals surface area contributed by atoms with Gasteiger partial charge >= 0.3 is 0 Å². The lowest BCUT2D eigenvalue weighted by molar-refractivity contribution is 0.265. The highest BCUT2D eigenvalue weighted by molar-refractivity contribution is 5.40. The highest BCUT2D eigenvalue weighted by Gasteiger charge is 2.08. The monoisotopic (exact) mass is 217 g/mol. The summed E-state index contributed by atoms with van der Waals surface area (Å²) in [5, 5.41) is 13.2. The van der Waals surface area contributed by atoms with E-state index in [-0.39, 0.29) is 12.6 Å². The maximum Gasteiger partial charge on any atom is 0.0678 e. The van der Waals surface area contributed by atoms with Crippen LogP contribution < -0.4 is 5.73 Å². The molecule has 3 N–H and O–H groups in total. The Kier molecular flexibility index (Phi) is 3.34. The van der Waals surface area contributed by atoms with Crippen molar-refractivity contribution in [1.29, 1.82) is 0 Å². The van der Waals surface area contributed by atoms with Crippen LogP contribution in [0.4, 0.5) is 0 Å². The molecule has 1 unspecified atom stereocenters. The Morgan fingerprint density at radius 3 is 2.81 bits per heavy atom. The Balaban J connectivity index is 2.31. The van der Waals surface area contributed by atoms with Gasteiger partial charge in [-0.15, -0.1) is 0 Å².